The largest absolute Gasteiger partial charge is 0.339 e. The van der Waals surface area contributed by atoms with E-state index in [2.05, 4.69) is 23.6 Å². The van der Waals surface area contributed by atoms with Gasteiger partial charge in [-0.25, -0.2) is 18.4 Å². The van der Waals surface area contributed by atoms with E-state index in [9.17, 15) is 13.2 Å². The van der Waals surface area contributed by atoms with Crippen LogP contribution >= 0.6 is 11.7 Å². The van der Waals surface area contributed by atoms with Crippen LogP contribution in [0.2, 0.25) is 0 Å². The lowest BCUT2D eigenvalue weighted by Gasteiger charge is -2.38. The third-order valence-electron chi connectivity index (χ3n) is 6.03. The number of benzene rings is 1. The Hall–Kier alpha value is -2.70. The number of carbonyl (C=O) groups is 1. The number of carbonyl (C=O) groups excluding carboxylic acids is 1. The summed E-state index contributed by atoms with van der Waals surface area (Å²) in [4.78, 5) is 25.8. The molecular formula is C20H23N7O3S2. The lowest BCUT2D eigenvalue weighted by molar-refractivity contribution is -0.137. The van der Waals surface area contributed by atoms with E-state index in [1.54, 1.807) is 36.7 Å². The van der Waals surface area contributed by atoms with Crippen molar-refractivity contribution in [2.75, 3.05) is 44.2 Å². The summed E-state index contributed by atoms with van der Waals surface area (Å²) in [5.74, 6) is 0.345. The van der Waals surface area contributed by atoms with Gasteiger partial charge in [-0.3, -0.25) is 4.79 Å². The van der Waals surface area contributed by atoms with Crippen LogP contribution in [0.4, 0.5) is 5.95 Å². The number of fused-ring (bicyclic) bond motifs is 1. The van der Waals surface area contributed by atoms with Crippen LogP contribution in [-0.2, 0) is 14.8 Å². The molecule has 12 heteroatoms. The molecule has 4 heterocycles. The van der Waals surface area contributed by atoms with Crippen molar-refractivity contribution >= 4 is 44.6 Å². The standard InChI is InChI=1S/C20H23N7O3S2/c28-19(25-10-12-26(13-11-25)20-21-7-3-8-22-20)15-4-2-9-27(14-15)32(29,30)17-6-1-5-16-18(17)24-31-23-16/h1,3,5-8,15H,2,4,9-14H2. The summed E-state index contributed by atoms with van der Waals surface area (Å²) in [6, 6.07) is 6.77. The highest BCUT2D eigenvalue weighted by Gasteiger charge is 2.37. The van der Waals surface area contributed by atoms with Gasteiger partial charge in [0.15, 0.2) is 0 Å². The molecule has 168 valence electrons. The summed E-state index contributed by atoms with van der Waals surface area (Å²) in [5, 5.41) is 0. The molecule has 2 aliphatic heterocycles. The van der Waals surface area contributed by atoms with Gasteiger partial charge < -0.3 is 9.80 Å². The third kappa shape index (κ3) is 3.93. The molecule has 2 aromatic heterocycles. The van der Waals surface area contributed by atoms with Crippen LogP contribution in [0.5, 0.6) is 0 Å². The van der Waals surface area contributed by atoms with Crippen LogP contribution in [0.3, 0.4) is 0 Å². The summed E-state index contributed by atoms with van der Waals surface area (Å²) in [5.41, 5.74) is 0.964. The van der Waals surface area contributed by atoms with Crippen LogP contribution in [-0.4, -0.2) is 81.5 Å². The van der Waals surface area contributed by atoms with Crippen molar-refractivity contribution in [2.45, 2.75) is 17.7 Å². The first kappa shape index (κ1) is 21.2. The summed E-state index contributed by atoms with van der Waals surface area (Å²) in [6.07, 6.45) is 4.76. The number of anilines is 1. The summed E-state index contributed by atoms with van der Waals surface area (Å²) in [6.45, 7) is 3.05. The molecule has 1 amide bonds. The Morgan fingerprint density at radius 1 is 1.00 bits per heavy atom. The van der Waals surface area contributed by atoms with Crippen molar-refractivity contribution in [2.24, 2.45) is 5.92 Å². The Labute approximate surface area is 190 Å². The van der Waals surface area contributed by atoms with Gasteiger partial charge in [0.05, 0.1) is 17.6 Å². The molecule has 0 bridgehead atoms. The third-order valence-corrected chi connectivity index (χ3v) is 8.47. The molecule has 0 spiro atoms. The first-order valence-corrected chi connectivity index (χ1v) is 12.7. The lowest BCUT2D eigenvalue weighted by atomic mass is 9.98. The van der Waals surface area contributed by atoms with E-state index < -0.39 is 10.0 Å². The van der Waals surface area contributed by atoms with Gasteiger partial charge in [-0.1, -0.05) is 6.07 Å². The fraction of sp³-hybridized carbons (Fsp3) is 0.450. The van der Waals surface area contributed by atoms with Crippen LogP contribution < -0.4 is 4.90 Å². The van der Waals surface area contributed by atoms with E-state index >= 15 is 0 Å². The van der Waals surface area contributed by atoms with Gasteiger partial charge in [-0.2, -0.15) is 13.1 Å². The highest BCUT2D eigenvalue weighted by atomic mass is 32.2. The zero-order chi connectivity index (χ0) is 22.1. The zero-order valence-electron chi connectivity index (χ0n) is 17.4. The van der Waals surface area contributed by atoms with Crippen molar-refractivity contribution in [1.29, 1.82) is 0 Å². The molecule has 0 radical (unpaired) electrons. The maximum absolute atomic E-state index is 13.4. The van der Waals surface area contributed by atoms with Crippen LogP contribution in [0.1, 0.15) is 12.8 Å². The maximum Gasteiger partial charge on any atom is 0.245 e. The predicted octanol–water partition coefficient (Wildman–Crippen LogP) is 1.23. The van der Waals surface area contributed by atoms with Gasteiger partial charge in [0.1, 0.15) is 15.9 Å². The first-order valence-electron chi connectivity index (χ1n) is 10.6. The number of hydrogen-bond acceptors (Lipinski definition) is 9. The number of rotatable bonds is 4. The van der Waals surface area contributed by atoms with E-state index in [1.165, 1.54) is 4.31 Å². The van der Waals surface area contributed by atoms with E-state index in [-0.39, 0.29) is 23.3 Å². The average Bonchev–Trinajstić information content (AvgIpc) is 3.33. The molecule has 1 atom stereocenters. The molecule has 0 saturated carbocycles. The van der Waals surface area contributed by atoms with Gasteiger partial charge in [0.2, 0.25) is 21.9 Å². The second-order valence-corrected chi connectivity index (χ2v) is 10.4. The van der Waals surface area contributed by atoms with Crippen LogP contribution in [0, 0.1) is 5.92 Å². The van der Waals surface area contributed by atoms with Gasteiger partial charge in [-0.05, 0) is 31.0 Å². The molecule has 10 nitrogen and oxygen atoms in total. The number of nitrogens with zero attached hydrogens (tertiary/aromatic N) is 7. The normalized spacial score (nSPS) is 20.6. The Balaban J connectivity index is 1.27. The average molecular weight is 474 g/mol. The van der Waals surface area contributed by atoms with E-state index in [0.29, 0.717) is 62.5 Å². The van der Waals surface area contributed by atoms with E-state index in [0.717, 1.165) is 11.7 Å². The van der Waals surface area contributed by atoms with Crippen molar-refractivity contribution in [3.05, 3.63) is 36.7 Å². The smallest absolute Gasteiger partial charge is 0.245 e. The monoisotopic (exact) mass is 473 g/mol. The maximum atomic E-state index is 13.4. The highest BCUT2D eigenvalue weighted by Crippen LogP contribution is 2.29. The van der Waals surface area contributed by atoms with Crippen LogP contribution in [0.25, 0.3) is 11.0 Å². The minimum absolute atomic E-state index is 0.0204. The number of piperazine rings is 1. The zero-order valence-corrected chi connectivity index (χ0v) is 19.0. The SMILES string of the molecule is O=C(C1CCCN(S(=O)(=O)c2cccc3nsnc23)C1)N1CCN(c2ncccn2)CC1. The van der Waals surface area contributed by atoms with E-state index in [1.807, 2.05) is 4.90 Å². The Bertz CT molecular complexity index is 1210. The molecule has 3 aromatic rings. The fourth-order valence-electron chi connectivity index (χ4n) is 4.33. The Morgan fingerprint density at radius 2 is 1.78 bits per heavy atom. The summed E-state index contributed by atoms with van der Waals surface area (Å²) < 4.78 is 36.5. The number of hydrogen-bond donors (Lipinski definition) is 0. The summed E-state index contributed by atoms with van der Waals surface area (Å²) >= 11 is 0.996. The lowest BCUT2D eigenvalue weighted by Crippen LogP contribution is -2.53. The second kappa shape index (κ2) is 8.68. The van der Waals surface area contributed by atoms with Gasteiger partial charge >= 0.3 is 0 Å². The molecule has 2 fully saturated rings. The molecule has 5 rings (SSSR count). The van der Waals surface area contributed by atoms with Crippen molar-refractivity contribution in [3.63, 3.8) is 0 Å². The molecule has 1 aromatic carbocycles. The molecule has 1 unspecified atom stereocenters. The van der Waals surface area contributed by atoms with Gasteiger partial charge in [0, 0.05) is 51.7 Å². The second-order valence-electron chi connectivity index (χ2n) is 7.95. The Morgan fingerprint density at radius 3 is 2.56 bits per heavy atom. The highest BCUT2D eigenvalue weighted by molar-refractivity contribution is 7.89. The minimum Gasteiger partial charge on any atom is -0.339 e. The summed E-state index contributed by atoms with van der Waals surface area (Å²) in [7, 11) is -3.76. The van der Waals surface area contributed by atoms with E-state index in [4.69, 9.17) is 0 Å². The predicted molar refractivity (Wildman–Crippen MR) is 120 cm³/mol. The van der Waals surface area contributed by atoms with Gasteiger partial charge in [0.25, 0.3) is 0 Å². The molecule has 32 heavy (non-hydrogen) atoms. The molecule has 2 saturated heterocycles. The molecule has 0 aliphatic carbocycles. The Kier molecular flexibility index (Phi) is 5.74. The topological polar surface area (TPSA) is 112 Å². The number of piperidine rings is 1. The van der Waals surface area contributed by atoms with Gasteiger partial charge in [-0.15, -0.1) is 0 Å². The molecule has 0 N–H and O–H groups in total. The number of amides is 1. The molecule has 2 aliphatic rings. The minimum atomic E-state index is -3.76. The quantitative estimate of drug-likeness (QED) is 0.556. The first-order chi connectivity index (χ1) is 15.5. The molecular weight excluding hydrogens is 450 g/mol. The van der Waals surface area contributed by atoms with Crippen LogP contribution in [0.15, 0.2) is 41.6 Å². The van der Waals surface area contributed by atoms with Crippen molar-refractivity contribution in [1.82, 2.24) is 27.9 Å². The number of sulfonamides is 1. The van der Waals surface area contributed by atoms with Crippen molar-refractivity contribution < 1.29 is 13.2 Å². The fourth-order valence-corrected chi connectivity index (χ4v) is 6.61. The number of aromatic nitrogens is 4. The van der Waals surface area contributed by atoms with Crippen molar-refractivity contribution in [3.8, 4) is 0 Å².